The van der Waals surface area contributed by atoms with Gasteiger partial charge >= 0.3 is 23.9 Å². The standard InChI is InChI=1S/C83H84N2O20/c1-11-95-29-25-63(83(93)97-31-27-69(87)101-43-57-41-99-57)85-80(90)60-38-66(104-54-22-14-18-50(34-54)46(6)7)74-72-64(102-52-20-12-16-48(32-52)44(2)3)36-58-70-59(79(89)84(78(58)88)62(24-28-94-10)82(92)96-30-26-68(86)100-42-56-40-98-56)37-65(103-53-21-13-17-49(33-53)45(4)5)73(76(70)72)75-67(39-61(81(85)91)71(60)77(74)75)105-55-23-15-19-51(35-55)47(8)9/h12-23,32-39,44-47,56-57,62-63H,11,24-31,40-43H2,1-10H3. The minimum absolute atomic E-state index is 0.0106. The molecule has 105 heavy (non-hydrogen) atoms. The number of epoxide rings is 2. The second-order valence-corrected chi connectivity index (χ2v) is 27.9. The molecule has 2 fully saturated rings. The molecule has 9 aromatic rings. The first-order chi connectivity index (χ1) is 50.6. The first-order valence-corrected chi connectivity index (χ1v) is 35.8. The number of fused-ring (bicyclic) bond motifs is 2. The fraction of sp³-hybridized carbons (Fsp3) is 0.373. The van der Waals surface area contributed by atoms with Crippen LogP contribution < -0.4 is 18.9 Å². The van der Waals surface area contributed by atoms with Crippen LogP contribution in [0.3, 0.4) is 0 Å². The Hall–Kier alpha value is -10.5. The first kappa shape index (κ1) is 72.8. The van der Waals surface area contributed by atoms with E-state index in [2.05, 4.69) is 0 Å². The van der Waals surface area contributed by atoms with Gasteiger partial charge in [0.05, 0.1) is 48.3 Å². The number of carbonyl (C=O) groups is 8. The van der Waals surface area contributed by atoms with E-state index in [4.69, 9.17) is 56.8 Å². The average Bonchev–Trinajstić information content (AvgIpc) is 1.14. The maximum atomic E-state index is 16.3. The Kier molecular flexibility index (Phi) is 21.5. The van der Waals surface area contributed by atoms with Gasteiger partial charge in [0.15, 0.2) is 0 Å². The van der Waals surface area contributed by atoms with Crippen LogP contribution in [0.5, 0.6) is 46.0 Å². The van der Waals surface area contributed by atoms with Gasteiger partial charge in [-0.15, -0.1) is 0 Å². The number of methoxy groups -OCH3 is 1. The highest BCUT2D eigenvalue weighted by atomic mass is 16.6. The summed E-state index contributed by atoms with van der Waals surface area (Å²) < 4.78 is 73.1. The smallest absolute Gasteiger partial charge is 0.329 e. The van der Waals surface area contributed by atoms with Crippen molar-refractivity contribution < 1.29 is 95.2 Å². The maximum Gasteiger partial charge on any atom is 0.329 e. The Bertz CT molecular complexity index is 4660. The predicted octanol–water partition coefficient (Wildman–Crippen LogP) is 15.5. The predicted molar refractivity (Wildman–Crippen MR) is 389 cm³/mol. The van der Waals surface area contributed by atoms with Crippen molar-refractivity contribution in [2.24, 2.45) is 0 Å². The molecule has 22 heteroatoms. The molecule has 9 aromatic carbocycles. The molecule has 4 aliphatic heterocycles. The van der Waals surface area contributed by atoms with Crippen molar-refractivity contribution in [2.75, 3.05) is 66.6 Å². The molecule has 4 heterocycles. The lowest BCUT2D eigenvalue weighted by molar-refractivity contribution is -0.154. The summed E-state index contributed by atoms with van der Waals surface area (Å²) in [7, 11) is 1.41. The summed E-state index contributed by atoms with van der Waals surface area (Å²) in [5.74, 6) is -5.46. The van der Waals surface area contributed by atoms with Crippen LogP contribution in [-0.4, -0.2) is 148 Å². The third-order valence-corrected chi connectivity index (χ3v) is 19.2. The summed E-state index contributed by atoms with van der Waals surface area (Å²) in [5, 5.41) is 1.58. The maximum absolute atomic E-state index is 16.3. The van der Waals surface area contributed by atoms with Crippen LogP contribution >= 0.6 is 0 Å². The van der Waals surface area contributed by atoms with Crippen LogP contribution in [0.25, 0.3) is 43.1 Å². The minimum Gasteiger partial charge on any atom is -0.464 e. The lowest BCUT2D eigenvalue weighted by Gasteiger charge is -2.35. The Balaban J connectivity index is 1.13. The number of nitrogens with zero attached hydrogens (tertiary/aromatic N) is 2. The van der Waals surface area contributed by atoms with E-state index in [1.54, 1.807) is 31.2 Å². The van der Waals surface area contributed by atoms with Gasteiger partial charge in [-0.3, -0.25) is 38.6 Å². The van der Waals surface area contributed by atoms with E-state index in [1.165, 1.54) is 31.4 Å². The van der Waals surface area contributed by atoms with Gasteiger partial charge in [0.25, 0.3) is 23.6 Å². The topological polar surface area (TPSA) is 260 Å². The number of imide groups is 2. The number of esters is 4. The highest BCUT2D eigenvalue weighted by molar-refractivity contribution is 6.45. The molecule has 0 bridgehead atoms. The minimum atomic E-state index is -1.62. The summed E-state index contributed by atoms with van der Waals surface area (Å²) in [5.41, 5.74) is 3.26. The number of benzene rings is 9. The molecule has 4 aliphatic rings. The van der Waals surface area contributed by atoms with Crippen LogP contribution in [-0.2, 0) is 57.1 Å². The van der Waals surface area contributed by atoms with Crippen LogP contribution in [0, 0.1) is 0 Å². The second kappa shape index (κ2) is 31.0. The molecule has 13 rings (SSSR count). The van der Waals surface area contributed by atoms with Crippen LogP contribution in [0.15, 0.2) is 121 Å². The molecule has 0 aliphatic carbocycles. The second-order valence-electron chi connectivity index (χ2n) is 27.9. The van der Waals surface area contributed by atoms with Crippen molar-refractivity contribution in [3.8, 4) is 46.0 Å². The van der Waals surface area contributed by atoms with Crippen molar-refractivity contribution in [3.63, 3.8) is 0 Å². The van der Waals surface area contributed by atoms with Gasteiger partial charge in [0.1, 0.15) is 96.7 Å². The first-order valence-electron chi connectivity index (χ1n) is 35.8. The molecule has 4 unspecified atom stereocenters. The average molecular weight is 1430 g/mol. The third kappa shape index (κ3) is 15.3. The van der Waals surface area contributed by atoms with E-state index in [0.29, 0.717) is 36.2 Å². The Labute approximate surface area is 607 Å². The molecule has 0 spiro atoms. The highest BCUT2D eigenvalue weighted by Gasteiger charge is 2.47. The summed E-state index contributed by atoms with van der Waals surface area (Å²) >= 11 is 0. The van der Waals surface area contributed by atoms with Gasteiger partial charge in [-0.05, 0) is 126 Å². The molecule has 546 valence electrons. The number of ether oxygens (including phenoxy) is 12. The molecule has 0 saturated carbocycles. The fourth-order valence-electron chi connectivity index (χ4n) is 13.5. The number of carbonyl (C=O) groups excluding carboxylic acids is 8. The van der Waals surface area contributed by atoms with E-state index >= 15 is 19.2 Å². The van der Waals surface area contributed by atoms with Crippen molar-refractivity contribution >= 4 is 90.6 Å². The zero-order valence-corrected chi connectivity index (χ0v) is 60.4. The van der Waals surface area contributed by atoms with E-state index in [1.807, 2.05) is 128 Å². The van der Waals surface area contributed by atoms with Crippen molar-refractivity contribution in [2.45, 2.75) is 136 Å². The van der Waals surface area contributed by atoms with Gasteiger partial charge in [-0.25, -0.2) is 9.59 Å². The quantitative estimate of drug-likeness (QED) is 0.00704. The van der Waals surface area contributed by atoms with E-state index in [9.17, 15) is 19.2 Å². The molecular formula is C83H84N2O20. The number of rotatable bonds is 33. The molecule has 4 atom stereocenters. The number of amides is 4. The van der Waals surface area contributed by atoms with Crippen LogP contribution in [0.2, 0.25) is 0 Å². The van der Waals surface area contributed by atoms with Gasteiger partial charge in [-0.2, -0.15) is 0 Å². The van der Waals surface area contributed by atoms with E-state index in [0.717, 1.165) is 32.1 Å². The largest absolute Gasteiger partial charge is 0.464 e. The summed E-state index contributed by atoms with van der Waals surface area (Å²) in [6.45, 7) is 18.2. The van der Waals surface area contributed by atoms with Crippen molar-refractivity contribution in [1.29, 1.82) is 0 Å². The Morgan fingerprint density at radius 2 is 0.714 bits per heavy atom. The summed E-state index contributed by atoms with van der Waals surface area (Å²) in [4.78, 5) is 122. The number of hydrogen-bond donors (Lipinski definition) is 0. The zero-order valence-electron chi connectivity index (χ0n) is 60.4. The summed E-state index contributed by atoms with van der Waals surface area (Å²) in [6, 6.07) is 32.6. The molecule has 0 aromatic heterocycles. The van der Waals surface area contributed by atoms with E-state index < -0.39 is 72.8 Å². The van der Waals surface area contributed by atoms with E-state index in [-0.39, 0.29) is 183 Å². The van der Waals surface area contributed by atoms with Gasteiger partial charge < -0.3 is 56.8 Å². The summed E-state index contributed by atoms with van der Waals surface area (Å²) in [6.07, 6.45) is -1.50. The Morgan fingerprint density at radius 1 is 0.410 bits per heavy atom. The third-order valence-electron chi connectivity index (χ3n) is 19.2. The fourth-order valence-corrected chi connectivity index (χ4v) is 13.5. The van der Waals surface area contributed by atoms with Gasteiger partial charge in [0, 0.05) is 82.9 Å². The van der Waals surface area contributed by atoms with Crippen molar-refractivity contribution in [3.05, 3.63) is 166 Å². The SMILES string of the molecule is CCOCCC(C(=O)OCCC(=O)OCC1CO1)N1C(=O)c2cc(Oc3cccc(C(C)C)c3)c3c4c(Oc5cccc(C(C)C)c5)cc5c6c(cc(Oc7cccc(C(C)C)c7)c(c7c(Oc8cccc(C(C)C)c8)cc(c2c37)C1=O)c64)C(=O)N(C(CCOC)C(=O)OCCC(=O)OCC1CO1)C5=O. The lowest BCUT2D eigenvalue weighted by atomic mass is 9.80. The monoisotopic (exact) mass is 1430 g/mol. The van der Waals surface area contributed by atoms with Crippen LogP contribution in [0.1, 0.15) is 175 Å². The molecule has 0 N–H and O–H groups in total. The molecule has 4 amide bonds. The van der Waals surface area contributed by atoms with Gasteiger partial charge in [-0.1, -0.05) is 104 Å². The van der Waals surface area contributed by atoms with Crippen LogP contribution in [0.4, 0.5) is 0 Å². The Morgan fingerprint density at radius 3 is 0.990 bits per heavy atom. The van der Waals surface area contributed by atoms with Crippen molar-refractivity contribution in [1.82, 2.24) is 9.80 Å². The molecule has 2 saturated heterocycles. The lowest BCUT2D eigenvalue weighted by Crippen LogP contribution is -2.51. The normalized spacial score (nSPS) is 15.9. The zero-order chi connectivity index (χ0) is 74.1. The molecule has 0 radical (unpaired) electrons. The molecule has 22 nitrogen and oxygen atoms in total. The van der Waals surface area contributed by atoms with Gasteiger partial charge in [0.2, 0.25) is 0 Å². The highest BCUT2D eigenvalue weighted by Crippen LogP contribution is 2.58. The number of hydrogen-bond acceptors (Lipinski definition) is 20. The molecular weight excluding hydrogens is 1340 g/mol.